The number of aromatic nitrogens is 2. The number of amides is 1. The van der Waals surface area contributed by atoms with Crippen LogP contribution in [0.15, 0.2) is 71.9 Å². The number of hydrogen-bond acceptors (Lipinski definition) is 6. The summed E-state index contributed by atoms with van der Waals surface area (Å²) < 4.78 is 33.6. The number of aryl methyl sites for hydroxylation is 1. The molecule has 0 unspecified atom stereocenters. The Hall–Kier alpha value is -3.69. The van der Waals surface area contributed by atoms with E-state index in [0.29, 0.717) is 28.9 Å². The van der Waals surface area contributed by atoms with E-state index in [-0.39, 0.29) is 16.1 Å². The molecule has 0 bridgehead atoms. The summed E-state index contributed by atoms with van der Waals surface area (Å²) in [7, 11) is -3.91. The average Bonchev–Trinajstić information content (AvgIpc) is 3.54. The molecule has 3 heterocycles. The molecule has 0 radical (unpaired) electrons. The number of carbonyl (C=O) groups is 1. The highest BCUT2D eigenvalue weighted by molar-refractivity contribution is 7.90. The van der Waals surface area contributed by atoms with Crippen molar-refractivity contribution in [2.75, 3.05) is 26.2 Å². The lowest BCUT2D eigenvalue weighted by Gasteiger charge is -2.15. The highest BCUT2D eigenvalue weighted by atomic mass is 32.2. The zero-order valence-corrected chi connectivity index (χ0v) is 20.9. The van der Waals surface area contributed by atoms with Gasteiger partial charge in [0.05, 0.1) is 10.5 Å². The monoisotopic (exact) mass is 504 g/mol. The first-order valence-electron chi connectivity index (χ1n) is 11.9. The molecule has 1 saturated heterocycles. The Labute approximate surface area is 210 Å². The molecule has 5 rings (SSSR count). The van der Waals surface area contributed by atoms with E-state index in [2.05, 4.69) is 9.88 Å². The van der Waals surface area contributed by atoms with Gasteiger partial charge >= 0.3 is 0 Å². The summed E-state index contributed by atoms with van der Waals surface area (Å²) in [6.07, 6.45) is 5.36. The third-order valence-electron chi connectivity index (χ3n) is 6.53. The van der Waals surface area contributed by atoms with Crippen LogP contribution in [0.25, 0.3) is 22.2 Å². The van der Waals surface area contributed by atoms with Crippen molar-refractivity contribution in [2.24, 2.45) is 5.73 Å². The van der Waals surface area contributed by atoms with Crippen molar-refractivity contribution >= 4 is 27.0 Å². The van der Waals surface area contributed by atoms with Gasteiger partial charge < -0.3 is 10.5 Å². The molecule has 2 N–H and O–H groups in total. The van der Waals surface area contributed by atoms with E-state index in [1.807, 2.05) is 31.2 Å². The first kappa shape index (κ1) is 24.0. The van der Waals surface area contributed by atoms with Gasteiger partial charge in [0.25, 0.3) is 10.0 Å². The summed E-state index contributed by atoms with van der Waals surface area (Å²) in [6, 6.07) is 15.6. The summed E-state index contributed by atoms with van der Waals surface area (Å²) in [6.45, 7) is 5.54. The van der Waals surface area contributed by atoms with Gasteiger partial charge in [-0.25, -0.2) is 17.4 Å². The smallest absolute Gasteiger partial charge is 0.269 e. The predicted octanol–water partition coefficient (Wildman–Crippen LogP) is 3.82. The van der Waals surface area contributed by atoms with E-state index in [9.17, 15) is 13.2 Å². The highest BCUT2D eigenvalue weighted by Crippen LogP contribution is 2.32. The molecule has 1 amide bonds. The Morgan fingerprint density at radius 2 is 1.83 bits per heavy atom. The number of rotatable bonds is 8. The third kappa shape index (κ3) is 4.59. The second-order valence-electron chi connectivity index (χ2n) is 9.00. The van der Waals surface area contributed by atoms with Gasteiger partial charge in [0, 0.05) is 29.9 Å². The lowest BCUT2D eigenvalue weighted by Crippen LogP contribution is -2.25. The van der Waals surface area contributed by atoms with Crippen LogP contribution in [0.4, 0.5) is 0 Å². The van der Waals surface area contributed by atoms with Crippen molar-refractivity contribution in [3.63, 3.8) is 0 Å². The van der Waals surface area contributed by atoms with E-state index in [1.54, 1.807) is 30.3 Å². The van der Waals surface area contributed by atoms with Crippen LogP contribution in [0.1, 0.15) is 28.8 Å². The maximum absolute atomic E-state index is 13.3. The Morgan fingerprint density at radius 1 is 1.08 bits per heavy atom. The standard InChI is InChI=1S/C27H28N4O4S/c1-19-7-9-22(10-8-19)36(33,34)31-14-11-23-25(26(28)32)24(18-29-27(23)31)20-5-4-6-21(17-20)35-16-15-30-12-2-3-13-30/h4-11,14,17-18H,2-3,12-13,15-16H2,1H3,(H2,28,32). The topological polar surface area (TPSA) is 108 Å². The number of pyridine rings is 1. The van der Waals surface area contributed by atoms with Crippen LogP contribution in [0.5, 0.6) is 5.75 Å². The SMILES string of the molecule is Cc1ccc(S(=O)(=O)n2ccc3c(C(N)=O)c(-c4cccc(OCCN5CCCC5)c4)cnc32)cc1. The summed E-state index contributed by atoms with van der Waals surface area (Å²) >= 11 is 0. The normalized spacial score (nSPS) is 14.4. The summed E-state index contributed by atoms with van der Waals surface area (Å²) in [5.41, 5.74) is 8.33. The van der Waals surface area contributed by atoms with E-state index in [0.717, 1.165) is 29.2 Å². The molecule has 2 aromatic carbocycles. The number of fused-ring (bicyclic) bond motifs is 1. The van der Waals surface area contributed by atoms with Crippen molar-refractivity contribution < 1.29 is 17.9 Å². The third-order valence-corrected chi connectivity index (χ3v) is 8.21. The van der Waals surface area contributed by atoms with Crippen LogP contribution in [-0.2, 0) is 10.0 Å². The molecular weight excluding hydrogens is 476 g/mol. The lowest BCUT2D eigenvalue weighted by molar-refractivity contribution is 0.100. The Balaban J connectivity index is 1.50. The maximum atomic E-state index is 13.3. The van der Waals surface area contributed by atoms with Crippen molar-refractivity contribution in [2.45, 2.75) is 24.7 Å². The van der Waals surface area contributed by atoms with Gasteiger partial charge in [-0.05, 0) is 68.8 Å². The van der Waals surface area contributed by atoms with Crippen LogP contribution >= 0.6 is 0 Å². The summed E-state index contributed by atoms with van der Waals surface area (Å²) in [4.78, 5) is 19.5. The molecule has 8 nitrogen and oxygen atoms in total. The van der Waals surface area contributed by atoms with Crippen molar-refractivity contribution in [3.8, 4) is 16.9 Å². The van der Waals surface area contributed by atoms with Gasteiger partial charge in [-0.3, -0.25) is 9.69 Å². The zero-order valence-electron chi connectivity index (χ0n) is 20.1. The number of primary amides is 1. The van der Waals surface area contributed by atoms with Crippen LogP contribution in [-0.4, -0.2) is 54.4 Å². The molecule has 1 aliphatic heterocycles. The first-order chi connectivity index (χ1) is 17.3. The molecule has 0 atom stereocenters. The minimum atomic E-state index is -3.91. The second kappa shape index (κ2) is 9.75. The second-order valence-corrected chi connectivity index (χ2v) is 10.8. The fourth-order valence-electron chi connectivity index (χ4n) is 4.62. The maximum Gasteiger partial charge on any atom is 0.269 e. The number of likely N-dealkylation sites (tertiary alicyclic amines) is 1. The quantitative estimate of drug-likeness (QED) is 0.391. The fraction of sp³-hybridized carbons (Fsp3) is 0.259. The van der Waals surface area contributed by atoms with Gasteiger partial charge in [-0.2, -0.15) is 0 Å². The van der Waals surface area contributed by atoms with E-state index in [4.69, 9.17) is 10.5 Å². The predicted molar refractivity (Wildman–Crippen MR) is 139 cm³/mol. The van der Waals surface area contributed by atoms with Gasteiger partial charge in [0.2, 0.25) is 5.91 Å². The van der Waals surface area contributed by atoms with Crippen LogP contribution in [0, 0.1) is 6.92 Å². The van der Waals surface area contributed by atoms with Crippen molar-refractivity contribution in [1.82, 2.24) is 13.9 Å². The molecular formula is C27H28N4O4S. The van der Waals surface area contributed by atoms with Crippen LogP contribution < -0.4 is 10.5 Å². The van der Waals surface area contributed by atoms with Gasteiger partial charge in [-0.15, -0.1) is 0 Å². The molecule has 0 saturated carbocycles. The van der Waals surface area contributed by atoms with Crippen LogP contribution in [0.2, 0.25) is 0 Å². The summed E-state index contributed by atoms with van der Waals surface area (Å²) in [5, 5.41) is 0.371. The Kier molecular flexibility index (Phi) is 6.51. The van der Waals surface area contributed by atoms with Crippen molar-refractivity contribution in [1.29, 1.82) is 0 Å². The highest BCUT2D eigenvalue weighted by Gasteiger charge is 2.24. The molecule has 186 valence electrons. The number of ether oxygens (including phenoxy) is 1. The molecule has 2 aromatic heterocycles. The molecule has 0 aliphatic carbocycles. The van der Waals surface area contributed by atoms with Crippen molar-refractivity contribution in [3.05, 3.63) is 78.1 Å². The summed E-state index contributed by atoms with van der Waals surface area (Å²) in [5.74, 6) is 0.0185. The van der Waals surface area contributed by atoms with E-state index < -0.39 is 15.9 Å². The average molecular weight is 505 g/mol. The van der Waals surface area contributed by atoms with E-state index >= 15 is 0 Å². The molecule has 36 heavy (non-hydrogen) atoms. The Bertz CT molecular complexity index is 1520. The number of hydrogen-bond donors (Lipinski definition) is 1. The first-order valence-corrected chi connectivity index (χ1v) is 13.4. The van der Waals surface area contributed by atoms with Gasteiger partial charge in [0.15, 0.2) is 5.65 Å². The molecule has 0 spiro atoms. The minimum Gasteiger partial charge on any atom is -0.492 e. The van der Waals surface area contributed by atoms with Gasteiger partial charge in [0.1, 0.15) is 12.4 Å². The molecule has 9 heteroatoms. The molecule has 4 aromatic rings. The number of carbonyl (C=O) groups excluding carboxylic acids is 1. The number of benzene rings is 2. The molecule has 1 aliphatic rings. The molecule has 1 fully saturated rings. The zero-order chi connectivity index (χ0) is 25.3. The number of nitrogens with zero attached hydrogens (tertiary/aromatic N) is 3. The number of nitrogens with two attached hydrogens (primary N) is 1. The van der Waals surface area contributed by atoms with Crippen LogP contribution in [0.3, 0.4) is 0 Å². The minimum absolute atomic E-state index is 0.135. The fourth-order valence-corrected chi connectivity index (χ4v) is 5.92. The lowest BCUT2D eigenvalue weighted by atomic mass is 9.99. The largest absolute Gasteiger partial charge is 0.492 e. The Morgan fingerprint density at radius 3 is 2.56 bits per heavy atom. The van der Waals surface area contributed by atoms with Gasteiger partial charge in [-0.1, -0.05) is 29.8 Å². The van der Waals surface area contributed by atoms with E-state index in [1.165, 1.54) is 25.2 Å².